The average molecular weight is 377 g/mol. The number of carbonyl (C=O) groups is 2. The maximum absolute atomic E-state index is 12.2. The lowest BCUT2D eigenvalue weighted by Gasteiger charge is -2.10. The van der Waals surface area contributed by atoms with Crippen LogP contribution in [0.15, 0.2) is 24.3 Å². The molecule has 2 aromatic rings. The number of nitrogens with one attached hydrogen (secondary N) is 2. The molecule has 0 aliphatic carbocycles. The van der Waals surface area contributed by atoms with Crippen LogP contribution in [0.3, 0.4) is 0 Å². The molecule has 0 atom stereocenters. The smallest absolute Gasteiger partial charge is 0.286 e. The number of nitrogens with zero attached hydrogens (tertiary/aromatic N) is 3. The zero-order valence-corrected chi connectivity index (χ0v) is 15.9. The molecule has 9 heteroatoms. The lowest BCUT2D eigenvalue weighted by Crippen LogP contribution is -2.33. The molecule has 0 radical (unpaired) electrons. The van der Waals surface area contributed by atoms with Crippen LogP contribution in [0.25, 0.3) is 0 Å². The summed E-state index contributed by atoms with van der Waals surface area (Å²) in [6, 6.07) is 7.48. The van der Waals surface area contributed by atoms with Gasteiger partial charge in [-0.05, 0) is 33.2 Å². The van der Waals surface area contributed by atoms with Gasteiger partial charge >= 0.3 is 0 Å². The highest BCUT2D eigenvalue weighted by Gasteiger charge is 2.13. The summed E-state index contributed by atoms with van der Waals surface area (Å²) in [7, 11) is 3.87. The van der Waals surface area contributed by atoms with Crippen LogP contribution < -0.4 is 10.6 Å². The van der Waals surface area contributed by atoms with Crippen LogP contribution in [0.1, 0.15) is 20.4 Å². The van der Waals surface area contributed by atoms with Gasteiger partial charge in [0, 0.05) is 18.8 Å². The summed E-state index contributed by atoms with van der Waals surface area (Å²) in [5.41, 5.74) is 1.81. The van der Waals surface area contributed by atoms with Gasteiger partial charge in [0.25, 0.3) is 5.91 Å². The van der Waals surface area contributed by atoms with Crippen molar-refractivity contribution in [3.05, 3.63) is 39.8 Å². The largest absolute Gasteiger partial charge is 0.364 e. The summed E-state index contributed by atoms with van der Waals surface area (Å²) in [5.74, 6) is -0.507. The van der Waals surface area contributed by atoms with E-state index in [2.05, 4.69) is 20.8 Å². The second kappa shape index (κ2) is 9.95. The van der Waals surface area contributed by atoms with E-state index >= 15 is 0 Å². The fraction of sp³-hybridized carbons (Fsp3) is 0.412. The van der Waals surface area contributed by atoms with Gasteiger partial charge in [0.05, 0.1) is 0 Å². The van der Waals surface area contributed by atoms with Gasteiger partial charge in [-0.1, -0.05) is 29.0 Å². The molecule has 0 spiro atoms. The maximum atomic E-state index is 12.2. The van der Waals surface area contributed by atoms with E-state index in [-0.39, 0.29) is 30.0 Å². The number of hydrogen-bond acceptors (Lipinski definition) is 7. The van der Waals surface area contributed by atoms with Crippen molar-refractivity contribution < 1.29 is 14.3 Å². The zero-order valence-electron chi connectivity index (χ0n) is 15.1. The van der Waals surface area contributed by atoms with Gasteiger partial charge in [-0.2, -0.15) is 0 Å². The third kappa shape index (κ3) is 6.87. The molecular formula is C17H23N5O3S. The second-order valence-corrected chi connectivity index (χ2v) is 7.03. The monoisotopic (exact) mass is 377 g/mol. The molecule has 2 N–H and O–H groups in total. The van der Waals surface area contributed by atoms with Gasteiger partial charge in [-0.3, -0.25) is 9.59 Å². The number of ether oxygens (including phenoxy) is 1. The molecule has 26 heavy (non-hydrogen) atoms. The standard InChI is InChI=1S/C17H23N5O3S/c1-12-4-6-13(7-5-12)19-16(24)17-21-20-15(26-17)11-25-10-14(23)18-8-9-22(2)3/h4-7H,8-11H2,1-3H3,(H,18,23)(H,19,24). The number of benzene rings is 1. The first-order valence-corrected chi connectivity index (χ1v) is 8.95. The Morgan fingerprint density at radius 2 is 1.92 bits per heavy atom. The van der Waals surface area contributed by atoms with Crippen LogP contribution in [0.5, 0.6) is 0 Å². The molecule has 8 nitrogen and oxygen atoms in total. The summed E-state index contributed by atoms with van der Waals surface area (Å²) in [6.07, 6.45) is 0. The van der Waals surface area contributed by atoms with Crippen LogP contribution in [-0.4, -0.2) is 60.7 Å². The Bertz CT molecular complexity index is 730. The summed E-state index contributed by atoms with van der Waals surface area (Å²) in [6.45, 7) is 3.39. The minimum absolute atomic E-state index is 0.0576. The predicted octanol–water partition coefficient (Wildman–Crippen LogP) is 1.29. The second-order valence-electron chi connectivity index (χ2n) is 5.97. The lowest BCUT2D eigenvalue weighted by molar-refractivity contribution is -0.126. The Kier molecular flexibility index (Phi) is 7.64. The number of carbonyl (C=O) groups excluding carboxylic acids is 2. The fourth-order valence-corrected chi connectivity index (χ4v) is 2.60. The molecule has 0 aliphatic heterocycles. The first kappa shape index (κ1) is 20.0. The van der Waals surface area contributed by atoms with Gasteiger partial charge in [-0.15, -0.1) is 10.2 Å². The third-order valence-corrected chi connectivity index (χ3v) is 4.21. The first-order valence-electron chi connectivity index (χ1n) is 8.13. The highest BCUT2D eigenvalue weighted by atomic mass is 32.1. The predicted molar refractivity (Wildman–Crippen MR) is 100 cm³/mol. The number of amides is 2. The van der Waals surface area contributed by atoms with Gasteiger partial charge in [0.15, 0.2) is 0 Å². The summed E-state index contributed by atoms with van der Waals surface area (Å²) in [4.78, 5) is 25.7. The molecule has 140 valence electrons. The average Bonchev–Trinajstić information content (AvgIpc) is 3.05. The first-order chi connectivity index (χ1) is 12.4. The Hall–Kier alpha value is -2.36. The van der Waals surface area contributed by atoms with Crippen molar-refractivity contribution in [2.24, 2.45) is 0 Å². The maximum Gasteiger partial charge on any atom is 0.286 e. The molecule has 0 saturated heterocycles. The highest BCUT2D eigenvalue weighted by Crippen LogP contribution is 2.14. The molecule has 1 heterocycles. The molecule has 1 aromatic carbocycles. The van der Waals surface area contributed by atoms with Crippen molar-refractivity contribution in [1.82, 2.24) is 20.4 Å². The zero-order chi connectivity index (χ0) is 18.9. The van der Waals surface area contributed by atoms with Crippen molar-refractivity contribution >= 4 is 28.8 Å². The lowest BCUT2D eigenvalue weighted by atomic mass is 10.2. The number of rotatable bonds is 9. The molecule has 0 fully saturated rings. The third-order valence-electron chi connectivity index (χ3n) is 3.31. The molecule has 0 unspecified atom stereocenters. The van der Waals surface area contributed by atoms with Crippen LogP contribution in [0.2, 0.25) is 0 Å². The van der Waals surface area contributed by atoms with Gasteiger partial charge in [0.2, 0.25) is 10.9 Å². The van der Waals surface area contributed by atoms with E-state index in [1.165, 1.54) is 0 Å². The number of anilines is 1. The summed E-state index contributed by atoms with van der Waals surface area (Å²) >= 11 is 1.14. The van der Waals surface area contributed by atoms with E-state index in [1.54, 1.807) is 0 Å². The van der Waals surface area contributed by atoms with Crippen molar-refractivity contribution in [3.63, 3.8) is 0 Å². The number of hydrogen-bond donors (Lipinski definition) is 2. The Balaban J connectivity index is 1.74. The van der Waals surface area contributed by atoms with Crippen molar-refractivity contribution in [3.8, 4) is 0 Å². The molecule has 0 saturated carbocycles. The van der Waals surface area contributed by atoms with E-state index in [9.17, 15) is 9.59 Å². The minimum atomic E-state index is -0.320. The SMILES string of the molecule is Cc1ccc(NC(=O)c2nnc(COCC(=O)NCCN(C)C)s2)cc1. The Labute approximate surface area is 156 Å². The van der Waals surface area contributed by atoms with E-state index in [1.807, 2.05) is 50.2 Å². The molecule has 1 aromatic heterocycles. The van der Waals surface area contributed by atoms with Crippen molar-refractivity contribution in [2.45, 2.75) is 13.5 Å². The van der Waals surface area contributed by atoms with Gasteiger partial charge in [-0.25, -0.2) is 0 Å². The highest BCUT2D eigenvalue weighted by molar-refractivity contribution is 7.13. The summed E-state index contributed by atoms with van der Waals surface area (Å²) < 4.78 is 5.31. The van der Waals surface area contributed by atoms with Crippen LogP contribution in [0, 0.1) is 6.92 Å². The molecule has 0 bridgehead atoms. The van der Waals surface area contributed by atoms with Crippen LogP contribution in [-0.2, 0) is 16.1 Å². The quantitative estimate of drug-likeness (QED) is 0.684. The van der Waals surface area contributed by atoms with Crippen LogP contribution in [0.4, 0.5) is 5.69 Å². The van der Waals surface area contributed by atoms with Gasteiger partial charge < -0.3 is 20.3 Å². The number of aryl methyl sites for hydroxylation is 1. The number of aromatic nitrogens is 2. The number of likely N-dealkylation sites (N-methyl/N-ethyl adjacent to an activating group) is 1. The molecule has 2 amide bonds. The Morgan fingerprint density at radius 3 is 2.62 bits per heavy atom. The van der Waals surface area contributed by atoms with E-state index < -0.39 is 0 Å². The molecule has 0 aliphatic rings. The molecule has 2 rings (SSSR count). The normalized spacial score (nSPS) is 10.8. The van der Waals surface area contributed by atoms with E-state index in [0.29, 0.717) is 17.2 Å². The van der Waals surface area contributed by atoms with Crippen LogP contribution >= 0.6 is 11.3 Å². The summed E-state index contributed by atoms with van der Waals surface area (Å²) in [5, 5.41) is 14.1. The van der Waals surface area contributed by atoms with Crippen molar-refractivity contribution in [2.75, 3.05) is 39.1 Å². The van der Waals surface area contributed by atoms with E-state index in [0.717, 1.165) is 23.4 Å². The topological polar surface area (TPSA) is 96.5 Å². The molecular weight excluding hydrogens is 354 g/mol. The minimum Gasteiger partial charge on any atom is -0.364 e. The van der Waals surface area contributed by atoms with E-state index in [4.69, 9.17) is 4.74 Å². The van der Waals surface area contributed by atoms with Crippen molar-refractivity contribution in [1.29, 1.82) is 0 Å². The van der Waals surface area contributed by atoms with Gasteiger partial charge in [0.1, 0.15) is 18.2 Å². The fourth-order valence-electron chi connectivity index (χ4n) is 1.93. The Morgan fingerprint density at radius 1 is 1.19 bits per heavy atom.